The maximum atomic E-state index is 12.0. The van der Waals surface area contributed by atoms with Crippen LogP contribution in [0.4, 0.5) is 5.82 Å². The van der Waals surface area contributed by atoms with Crippen LogP contribution in [-0.2, 0) is 16.3 Å². The molecule has 1 fully saturated rings. The zero-order valence-electron chi connectivity index (χ0n) is 15.8. The van der Waals surface area contributed by atoms with Crippen molar-refractivity contribution in [2.75, 3.05) is 18.7 Å². The molecule has 0 spiro atoms. The summed E-state index contributed by atoms with van der Waals surface area (Å²) in [6.07, 6.45) is 5.27. The Morgan fingerprint density at radius 3 is 2.75 bits per heavy atom. The van der Waals surface area contributed by atoms with Gasteiger partial charge in [-0.2, -0.15) is 0 Å². The molecule has 8 heteroatoms. The largest absolute Gasteiger partial charge is 0.493 e. The Kier molecular flexibility index (Phi) is 4.80. The van der Waals surface area contributed by atoms with Crippen LogP contribution in [0.15, 0.2) is 47.6 Å². The van der Waals surface area contributed by atoms with Gasteiger partial charge in [-0.1, -0.05) is 12.1 Å². The molecule has 0 aliphatic heterocycles. The van der Waals surface area contributed by atoms with Crippen LogP contribution in [0.1, 0.15) is 18.4 Å². The van der Waals surface area contributed by atoms with Gasteiger partial charge in [-0.25, -0.2) is 19.0 Å². The van der Waals surface area contributed by atoms with Crippen molar-refractivity contribution in [1.82, 2.24) is 9.97 Å². The van der Waals surface area contributed by atoms with Crippen LogP contribution in [0.3, 0.4) is 0 Å². The second kappa shape index (κ2) is 7.27. The third-order valence-corrected chi connectivity index (χ3v) is 5.73. The van der Waals surface area contributed by atoms with Crippen molar-refractivity contribution in [3.8, 4) is 11.5 Å². The first kappa shape index (κ1) is 18.5. The SMILES string of the molecule is COc1cc2c(NC3CC3)ncnc2cc1OCc1cccc(S(C)(=N)=O)c1. The predicted octanol–water partition coefficient (Wildman–Crippen LogP) is 3.83. The van der Waals surface area contributed by atoms with Gasteiger partial charge >= 0.3 is 0 Å². The van der Waals surface area contributed by atoms with Crippen molar-refractivity contribution in [3.05, 3.63) is 48.3 Å². The Morgan fingerprint density at radius 1 is 1.21 bits per heavy atom. The zero-order chi connectivity index (χ0) is 19.7. The quantitative estimate of drug-likeness (QED) is 0.628. The molecular formula is C20H22N4O3S. The smallest absolute Gasteiger partial charge is 0.163 e. The molecule has 2 N–H and O–H groups in total. The number of nitrogens with zero attached hydrogens (tertiary/aromatic N) is 2. The molecule has 1 heterocycles. The lowest BCUT2D eigenvalue weighted by atomic mass is 10.2. The van der Waals surface area contributed by atoms with Crippen molar-refractivity contribution >= 4 is 26.4 Å². The molecule has 7 nitrogen and oxygen atoms in total. The average Bonchev–Trinajstić information content (AvgIpc) is 3.49. The van der Waals surface area contributed by atoms with E-state index >= 15 is 0 Å². The minimum atomic E-state index is -2.76. The molecule has 1 unspecified atom stereocenters. The number of fused-ring (bicyclic) bond motifs is 1. The highest BCUT2D eigenvalue weighted by atomic mass is 32.2. The Bertz CT molecular complexity index is 1130. The number of methoxy groups -OCH3 is 1. The Hall–Kier alpha value is -2.87. The molecule has 28 heavy (non-hydrogen) atoms. The fourth-order valence-corrected chi connectivity index (χ4v) is 3.63. The van der Waals surface area contributed by atoms with E-state index in [1.54, 1.807) is 31.6 Å². The van der Waals surface area contributed by atoms with Crippen LogP contribution in [0.25, 0.3) is 10.9 Å². The molecule has 1 aromatic heterocycles. The van der Waals surface area contributed by atoms with Crippen molar-refractivity contribution in [1.29, 1.82) is 4.78 Å². The second-order valence-electron chi connectivity index (χ2n) is 6.94. The van der Waals surface area contributed by atoms with E-state index in [2.05, 4.69) is 15.3 Å². The summed E-state index contributed by atoms with van der Waals surface area (Å²) in [5, 5.41) is 4.30. The highest BCUT2D eigenvalue weighted by Crippen LogP contribution is 2.35. The van der Waals surface area contributed by atoms with E-state index in [9.17, 15) is 4.21 Å². The second-order valence-corrected chi connectivity index (χ2v) is 9.10. The van der Waals surface area contributed by atoms with Gasteiger partial charge in [0.05, 0.1) is 22.4 Å². The number of benzene rings is 2. The van der Waals surface area contributed by atoms with Gasteiger partial charge in [0.25, 0.3) is 0 Å². The van der Waals surface area contributed by atoms with E-state index < -0.39 is 9.73 Å². The molecule has 0 radical (unpaired) electrons. The predicted molar refractivity (Wildman–Crippen MR) is 109 cm³/mol. The zero-order valence-corrected chi connectivity index (χ0v) is 16.6. The van der Waals surface area contributed by atoms with Crippen LogP contribution in [0.2, 0.25) is 0 Å². The van der Waals surface area contributed by atoms with E-state index in [0.29, 0.717) is 22.4 Å². The fourth-order valence-electron chi connectivity index (χ4n) is 2.91. The van der Waals surface area contributed by atoms with E-state index in [-0.39, 0.29) is 6.61 Å². The summed E-state index contributed by atoms with van der Waals surface area (Å²) in [4.78, 5) is 9.20. The third kappa shape index (κ3) is 4.01. The standard InChI is InChI=1S/C20H22N4O3S/c1-26-18-9-16-17(22-12-23-20(16)24-14-6-7-14)10-19(18)27-11-13-4-3-5-15(8-13)28(2,21)25/h3-5,8-10,12,14,21H,6-7,11H2,1-2H3,(H,22,23,24). The van der Waals surface area contributed by atoms with Gasteiger partial charge in [-0.05, 0) is 36.6 Å². The molecule has 0 saturated heterocycles. The summed E-state index contributed by atoms with van der Waals surface area (Å²) in [7, 11) is -1.17. The van der Waals surface area contributed by atoms with Crippen LogP contribution < -0.4 is 14.8 Å². The highest BCUT2D eigenvalue weighted by Gasteiger charge is 2.22. The lowest BCUT2D eigenvalue weighted by Gasteiger charge is -2.14. The number of anilines is 1. The number of ether oxygens (including phenoxy) is 2. The summed E-state index contributed by atoms with van der Waals surface area (Å²) in [5.74, 6) is 1.97. The highest BCUT2D eigenvalue weighted by molar-refractivity contribution is 7.91. The van der Waals surface area contributed by atoms with Gasteiger partial charge in [-0.3, -0.25) is 0 Å². The molecule has 0 bridgehead atoms. The number of rotatable bonds is 7. The number of hydrogen-bond donors (Lipinski definition) is 2. The maximum Gasteiger partial charge on any atom is 0.163 e. The summed E-state index contributed by atoms with van der Waals surface area (Å²) in [6.45, 7) is 0.267. The lowest BCUT2D eigenvalue weighted by Crippen LogP contribution is -2.05. The molecule has 2 aromatic carbocycles. The van der Waals surface area contributed by atoms with Crippen LogP contribution in [0, 0.1) is 4.78 Å². The lowest BCUT2D eigenvalue weighted by molar-refractivity contribution is 0.285. The first-order valence-corrected chi connectivity index (χ1v) is 11.0. The number of aromatic nitrogens is 2. The van der Waals surface area contributed by atoms with Crippen molar-refractivity contribution in [2.45, 2.75) is 30.4 Å². The maximum absolute atomic E-state index is 12.0. The van der Waals surface area contributed by atoms with Gasteiger partial charge in [0.1, 0.15) is 18.8 Å². The molecule has 4 rings (SSSR count). The van der Waals surface area contributed by atoms with Crippen molar-refractivity contribution in [3.63, 3.8) is 0 Å². The normalized spacial score (nSPS) is 15.8. The van der Waals surface area contributed by atoms with Crippen molar-refractivity contribution < 1.29 is 13.7 Å². The van der Waals surface area contributed by atoms with Gasteiger partial charge in [0.2, 0.25) is 0 Å². The third-order valence-electron chi connectivity index (χ3n) is 4.58. The molecule has 1 aliphatic rings. The minimum Gasteiger partial charge on any atom is -0.493 e. The monoisotopic (exact) mass is 398 g/mol. The van der Waals surface area contributed by atoms with E-state index in [0.717, 1.165) is 35.1 Å². The van der Waals surface area contributed by atoms with Gasteiger partial charge < -0.3 is 14.8 Å². The van der Waals surface area contributed by atoms with E-state index in [4.69, 9.17) is 14.3 Å². The first-order valence-electron chi connectivity index (χ1n) is 8.99. The molecule has 0 amide bonds. The summed E-state index contributed by atoms with van der Waals surface area (Å²) in [6, 6.07) is 11.3. The molecular weight excluding hydrogens is 376 g/mol. The number of hydrogen-bond acceptors (Lipinski definition) is 7. The Labute approximate surface area is 164 Å². The van der Waals surface area contributed by atoms with Crippen LogP contribution in [-0.4, -0.2) is 33.6 Å². The molecule has 1 saturated carbocycles. The fraction of sp³-hybridized carbons (Fsp3) is 0.300. The van der Waals surface area contributed by atoms with E-state index in [1.807, 2.05) is 18.2 Å². The van der Waals surface area contributed by atoms with Gasteiger partial charge in [-0.15, -0.1) is 0 Å². The van der Waals surface area contributed by atoms with Crippen molar-refractivity contribution in [2.24, 2.45) is 0 Å². The molecule has 1 atom stereocenters. The summed E-state index contributed by atoms with van der Waals surface area (Å²) in [5.41, 5.74) is 1.60. The summed E-state index contributed by atoms with van der Waals surface area (Å²) < 4.78 is 31.2. The Balaban J connectivity index is 1.61. The average molecular weight is 398 g/mol. The van der Waals surface area contributed by atoms with Crippen LogP contribution >= 0.6 is 0 Å². The van der Waals surface area contributed by atoms with E-state index in [1.165, 1.54) is 6.26 Å². The van der Waals surface area contributed by atoms with Crippen LogP contribution in [0.5, 0.6) is 11.5 Å². The van der Waals surface area contributed by atoms with Gasteiger partial charge in [0.15, 0.2) is 11.5 Å². The van der Waals surface area contributed by atoms with Gasteiger partial charge in [0, 0.05) is 28.6 Å². The molecule has 146 valence electrons. The first-order chi connectivity index (χ1) is 13.4. The molecule has 1 aliphatic carbocycles. The molecule has 3 aromatic rings. The minimum absolute atomic E-state index is 0.267. The topological polar surface area (TPSA) is 97.2 Å². The summed E-state index contributed by atoms with van der Waals surface area (Å²) >= 11 is 0. The number of nitrogens with one attached hydrogen (secondary N) is 2. The Morgan fingerprint density at radius 2 is 2.04 bits per heavy atom.